The van der Waals surface area contributed by atoms with Gasteiger partial charge in [0.15, 0.2) is 0 Å². The van der Waals surface area contributed by atoms with Crippen LogP contribution in [0.5, 0.6) is 0 Å². The molecule has 1 heterocycles. The topological polar surface area (TPSA) is 90.3 Å². The first-order valence-electron chi connectivity index (χ1n) is 8.31. The molecule has 1 N–H and O–H groups in total. The molecule has 142 valence electrons. The number of anilines is 2. The van der Waals surface area contributed by atoms with Gasteiger partial charge in [0.2, 0.25) is 0 Å². The van der Waals surface area contributed by atoms with E-state index in [4.69, 9.17) is 5.26 Å². The number of hydrogen-bond acceptors (Lipinski definition) is 5. The average Bonchev–Trinajstić information content (AvgIpc) is 3.25. The summed E-state index contributed by atoms with van der Waals surface area (Å²) in [4.78, 5) is 12.4. The van der Waals surface area contributed by atoms with Gasteiger partial charge in [0, 0.05) is 18.3 Å². The van der Waals surface area contributed by atoms with E-state index in [9.17, 15) is 13.2 Å². The Balaban J connectivity index is 1.71. The predicted molar refractivity (Wildman–Crippen MR) is 110 cm³/mol. The highest BCUT2D eigenvalue weighted by Gasteiger charge is 2.22. The fourth-order valence-electron chi connectivity index (χ4n) is 2.51. The first-order valence-corrected chi connectivity index (χ1v) is 10.6. The highest BCUT2D eigenvalue weighted by atomic mass is 32.2. The maximum Gasteiger partial charge on any atom is 0.273 e. The van der Waals surface area contributed by atoms with Gasteiger partial charge in [-0.05, 0) is 53.4 Å². The second-order valence-corrected chi connectivity index (χ2v) is 9.08. The number of nitriles is 1. The molecule has 0 aliphatic carbocycles. The van der Waals surface area contributed by atoms with Crippen LogP contribution in [0.25, 0.3) is 0 Å². The third-order valence-corrected chi connectivity index (χ3v) is 7.26. The van der Waals surface area contributed by atoms with Gasteiger partial charge in [-0.25, -0.2) is 8.42 Å². The van der Waals surface area contributed by atoms with E-state index in [1.807, 2.05) is 0 Å². The van der Waals surface area contributed by atoms with Crippen molar-refractivity contribution >= 4 is 38.6 Å². The van der Waals surface area contributed by atoms with Gasteiger partial charge >= 0.3 is 0 Å². The number of carbonyl (C=O) groups is 1. The normalized spacial score (nSPS) is 10.9. The summed E-state index contributed by atoms with van der Waals surface area (Å²) in [6.45, 7) is 0. The summed E-state index contributed by atoms with van der Waals surface area (Å²) in [5.74, 6) is -0.302. The van der Waals surface area contributed by atoms with Crippen molar-refractivity contribution in [2.24, 2.45) is 0 Å². The summed E-state index contributed by atoms with van der Waals surface area (Å²) >= 11 is 1.15. The Kier molecular flexibility index (Phi) is 5.78. The molecule has 0 saturated carbocycles. The molecule has 0 spiro atoms. The number of thiophene rings is 1. The molecule has 0 saturated heterocycles. The third-order valence-electron chi connectivity index (χ3n) is 4.10. The zero-order valence-corrected chi connectivity index (χ0v) is 16.6. The minimum Gasteiger partial charge on any atom is -0.322 e. The van der Waals surface area contributed by atoms with Gasteiger partial charge in [-0.15, -0.1) is 11.3 Å². The van der Waals surface area contributed by atoms with E-state index in [-0.39, 0.29) is 10.1 Å². The molecule has 0 radical (unpaired) electrons. The molecule has 6 nitrogen and oxygen atoms in total. The quantitative estimate of drug-likeness (QED) is 0.666. The van der Waals surface area contributed by atoms with Gasteiger partial charge in [0.05, 0.1) is 18.2 Å². The molecular weight excluding hydrogens is 394 g/mol. The zero-order valence-electron chi connectivity index (χ0n) is 15.0. The second-order valence-electron chi connectivity index (χ2n) is 5.94. The van der Waals surface area contributed by atoms with Crippen LogP contribution in [0.3, 0.4) is 0 Å². The number of nitrogens with one attached hydrogen (secondary N) is 1. The van der Waals surface area contributed by atoms with Crippen molar-refractivity contribution in [1.82, 2.24) is 0 Å². The smallest absolute Gasteiger partial charge is 0.273 e. The van der Waals surface area contributed by atoms with E-state index in [1.165, 1.54) is 11.4 Å². The number of carbonyl (C=O) groups excluding carboxylic acids is 1. The van der Waals surface area contributed by atoms with Crippen molar-refractivity contribution in [2.75, 3.05) is 16.7 Å². The molecule has 0 bridgehead atoms. The van der Waals surface area contributed by atoms with Gasteiger partial charge in [-0.3, -0.25) is 9.10 Å². The van der Waals surface area contributed by atoms with Crippen molar-refractivity contribution in [3.63, 3.8) is 0 Å². The van der Waals surface area contributed by atoms with Gasteiger partial charge in [0.25, 0.3) is 15.9 Å². The largest absolute Gasteiger partial charge is 0.322 e. The fraction of sp³-hybridized carbons (Fsp3) is 0.100. The summed E-state index contributed by atoms with van der Waals surface area (Å²) < 4.78 is 26.6. The van der Waals surface area contributed by atoms with E-state index in [0.29, 0.717) is 23.4 Å². The fourth-order valence-corrected chi connectivity index (χ4v) is 4.86. The Morgan fingerprint density at radius 1 is 1.11 bits per heavy atom. The highest BCUT2D eigenvalue weighted by molar-refractivity contribution is 7.94. The van der Waals surface area contributed by atoms with Gasteiger partial charge in [0.1, 0.15) is 4.21 Å². The summed E-state index contributed by atoms with van der Waals surface area (Å²) in [5.41, 5.74) is 2.37. The molecular formula is C20H17N3O3S2. The van der Waals surface area contributed by atoms with Gasteiger partial charge in [-0.1, -0.05) is 18.2 Å². The van der Waals surface area contributed by atoms with E-state index in [1.54, 1.807) is 66.0 Å². The number of amides is 1. The number of sulfonamides is 1. The van der Waals surface area contributed by atoms with Crippen LogP contribution in [0.2, 0.25) is 0 Å². The van der Waals surface area contributed by atoms with Crippen molar-refractivity contribution < 1.29 is 13.2 Å². The van der Waals surface area contributed by atoms with Crippen LogP contribution in [0.4, 0.5) is 11.4 Å². The first-order chi connectivity index (χ1) is 13.4. The minimum absolute atomic E-state index is 0.261. The summed E-state index contributed by atoms with van der Waals surface area (Å²) in [6.07, 6.45) is 0.317. The van der Waals surface area contributed by atoms with E-state index >= 15 is 0 Å². The molecule has 2 aromatic carbocycles. The van der Waals surface area contributed by atoms with Crippen LogP contribution in [-0.2, 0) is 16.4 Å². The lowest BCUT2D eigenvalue weighted by Crippen LogP contribution is -2.25. The number of rotatable bonds is 6. The molecule has 0 fully saturated rings. The predicted octanol–water partition coefficient (Wildman–Crippen LogP) is 3.89. The van der Waals surface area contributed by atoms with Crippen molar-refractivity contribution in [1.29, 1.82) is 5.26 Å². The lowest BCUT2D eigenvalue weighted by molar-refractivity contribution is 0.102. The monoisotopic (exact) mass is 411 g/mol. The summed E-state index contributed by atoms with van der Waals surface area (Å²) in [6, 6.07) is 18.7. The van der Waals surface area contributed by atoms with E-state index in [0.717, 1.165) is 16.9 Å². The first kappa shape index (κ1) is 19.6. The minimum atomic E-state index is -3.61. The van der Waals surface area contributed by atoms with Crippen molar-refractivity contribution in [2.45, 2.75) is 10.6 Å². The van der Waals surface area contributed by atoms with Crippen molar-refractivity contribution in [3.05, 3.63) is 77.2 Å². The van der Waals surface area contributed by atoms with E-state index < -0.39 is 10.0 Å². The standard InChI is InChI=1S/C20H17N3O3S2/c1-23(28(25,26)19-3-2-14-27-19)18-10-6-16(7-11-18)20(24)22-17-8-4-15(5-9-17)12-13-21/h2-11,14H,12H2,1H3,(H,22,24). The average molecular weight is 412 g/mol. The molecule has 1 aromatic heterocycles. The summed E-state index contributed by atoms with van der Waals surface area (Å²) in [7, 11) is -2.13. The lowest BCUT2D eigenvalue weighted by atomic mass is 10.1. The Labute approximate surface area is 167 Å². The molecule has 0 aliphatic rings. The Morgan fingerprint density at radius 3 is 2.36 bits per heavy atom. The molecule has 1 amide bonds. The Bertz CT molecular complexity index is 1100. The molecule has 3 rings (SSSR count). The highest BCUT2D eigenvalue weighted by Crippen LogP contribution is 2.25. The molecule has 28 heavy (non-hydrogen) atoms. The van der Waals surface area contributed by atoms with Crippen molar-refractivity contribution in [3.8, 4) is 6.07 Å². The second kappa shape index (κ2) is 8.25. The number of nitrogens with zero attached hydrogens (tertiary/aromatic N) is 2. The number of benzene rings is 2. The molecule has 0 unspecified atom stereocenters. The van der Waals surface area contributed by atoms with E-state index in [2.05, 4.69) is 11.4 Å². The number of hydrogen-bond donors (Lipinski definition) is 1. The summed E-state index contributed by atoms with van der Waals surface area (Å²) in [5, 5.41) is 13.2. The van der Waals surface area contributed by atoms with Crippen LogP contribution in [0.15, 0.2) is 70.3 Å². The maximum atomic E-state index is 12.6. The molecule has 0 atom stereocenters. The molecule has 8 heteroatoms. The lowest BCUT2D eigenvalue weighted by Gasteiger charge is -2.18. The van der Waals surface area contributed by atoms with Gasteiger partial charge < -0.3 is 5.32 Å². The Hall–Kier alpha value is -3.15. The van der Waals surface area contributed by atoms with Gasteiger partial charge in [-0.2, -0.15) is 5.26 Å². The molecule has 0 aliphatic heterocycles. The Morgan fingerprint density at radius 2 is 1.79 bits per heavy atom. The van der Waals surface area contributed by atoms with Crippen LogP contribution in [0, 0.1) is 11.3 Å². The SMILES string of the molecule is CN(c1ccc(C(=O)Nc2ccc(CC#N)cc2)cc1)S(=O)(=O)c1cccs1. The maximum absolute atomic E-state index is 12.6. The molecule has 3 aromatic rings. The van der Waals surface area contributed by atoms with Crippen LogP contribution in [0.1, 0.15) is 15.9 Å². The zero-order chi connectivity index (χ0) is 20.1. The van der Waals surface area contributed by atoms with Crippen LogP contribution in [-0.4, -0.2) is 21.4 Å². The third kappa shape index (κ3) is 4.22. The van der Waals surface area contributed by atoms with Crippen LogP contribution >= 0.6 is 11.3 Å². The van der Waals surface area contributed by atoms with Crippen LogP contribution < -0.4 is 9.62 Å².